The average molecular weight is 294 g/mol. The van der Waals surface area contributed by atoms with Crippen LogP contribution in [0.3, 0.4) is 0 Å². The molecule has 0 atom stereocenters. The molecule has 0 fully saturated rings. The van der Waals surface area contributed by atoms with E-state index in [1.54, 1.807) is 12.3 Å². The molecule has 2 aromatic rings. The number of rotatable bonds is 1. The van der Waals surface area contributed by atoms with E-state index in [0.717, 1.165) is 0 Å². The third-order valence-electron chi connectivity index (χ3n) is 1.47. The second-order valence-electron chi connectivity index (χ2n) is 2.11. The molecule has 0 unspecified atom stereocenters. The Labute approximate surface area is 118 Å². The van der Waals surface area contributed by atoms with Crippen LogP contribution in [-0.2, 0) is 0 Å². The van der Waals surface area contributed by atoms with Crippen LogP contribution < -0.4 is 0 Å². The summed E-state index contributed by atoms with van der Waals surface area (Å²) < 4.78 is 13.5. The van der Waals surface area contributed by atoms with Gasteiger partial charge < -0.3 is 0 Å². The first kappa shape index (κ1) is 19.5. The smallest absolute Gasteiger partial charge is 0.171 e. The first-order valence-electron chi connectivity index (χ1n) is 6.09. The van der Waals surface area contributed by atoms with Gasteiger partial charge in [0.1, 0.15) is 11.5 Å². The summed E-state index contributed by atoms with van der Waals surface area (Å²) in [5.41, 5.74) is 0.488. The maximum atomic E-state index is 12.2. The molecule has 0 radical (unpaired) electrons. The van der Waals surface area contributed by atoms with Gasteiger partial charge in [-0.05, 0) is 6.07 Å². The van der Waals surface area contributed by atoms with Gasteiger partial charge in [-0.25, -0.2) is 13.9 Å². The van der Waals surface area contributed by atoms with Crippen LogP contribution in [0.4, 0.5) is 3.89 Å². The highest BCUT2D eigenvalue weighted by Crippen LogP contribution is 2.23. The Kier molecular flexibility index (Phi) is 13.7. The van der Waals surface area contributed by atoms with Gasteiger partial charge in [-0.15, -0.1) is 3.89 Å². The summed E-state index contributed by atoms with van der Waals surface area (Å²) in [5, 5.41) is 0.997. The third kappa shape index (κ3) is 5.23. The maximum Gasteiger partial charge on any atom is 0.171 e. The molecule has 2 heterocycles. The highest BCUT2D eigenvalue weighted by molar-refractivity contribution is 7.92. The molecule has 0 saturated heterocycles. The molecular weight excluding hydrogens is 273 g/mol. The number of aromatic nitrogens is 3. The fraction of sp³-hybridized carbons (Fsp3) is 0.500. The Bertz CT molecular complexity index is 421. The first-order valence-corrected chi connectivity index (χ1v) is 7.15. The predicted octanol–water partition coefficient (Wildman–Crippen LogP) is 5.54. The molecule has 0 saturated carbocycles. The van der Waals surface area contributed by atoms with Crippen molar-refractivity contribution in [2.24, 2.45) is 0 Å². The molecule has 0 aliphatic rings. The molecular formula is C12H21ClFN3S. The number of hydrogen-bond acceptors (Lipinski definition) is 3. The number of nitrogens with zero attached hydrogens (tertiary/aromatic N) is 3. The Morgan fingerprint density at radius 3 is 2.17 bits per heavy atom. The van der Waals surface area contributed by atoms with Crippen LogP contribution >= 0.6 is 23.9 Å². The van der Waals surface area contributed by atoms with E-state index >= 15 is 0 Å². The summed E-state index contributed by atoms with van der Waals surface area (Å²) in [6.07, 6.45) is 2.85. The summed E-state index contributed by atoms with van der Waals surface area (Å²) >= 11 is 5.81. The molecule has 0 N–H and O–H groups in total. The SMILES string of the molecule is CC.CC.CC.FSn1ccc2c(Cl)ncnc21. The van der Waals surface area contributed by atoms with Crippen LogP contribution in [0.15, 0.2) is 18.6 Å². The van der Waals surface area contributed by atoms with E-state index in [9.17, 15) is 3.89 Å². The van der Waals surface area contributed by atoms with Crippen molar-refractivity contribution >= 4 is 35.0 Å². The van der Waals surface area contributed by atoms with Gasteiger partial charge in [0, 0.05) is 6.20 Å². The summed E-state index contributed by atoms with van der Waals surface area (Å²) in [4.78, 5) is 7.64. The van der Waals surface area contributed by atoms with E-state index in [-0.39, 0.29) is 12.3 Å². The van der Waals surface area contributed by atoms with Crippen molar-refractivity contribution in [1.82, 2.24) is 13.9 Å². The zero-order valence-electron chi connectivity index (χ0n) is 11.7. The largest absolute Gasteiger partial charge is 0.247 e. The first-order chi connectivity index (χ1) is 8.83. The lowest BCUT2D eigenvalue weighted by Gasteiger charge is -1.94. The van der Waals surface area contributed by atoms with Crippen LogP contribution in [0, 0.1) is 0 Å². The van der Waals surface area contributed by atoms with E-state index < -0.39 is 0 Å². The van der Waals surface area contributed by atoms with E-state index in [2.05, 4.69) is 9.97 Å². The van der Waals surface area contributed by atoms with E-state index in [1.807, 2.05) is 41.5 Å². The van der Waals surface area contributed by atoms with Crippen molar-refractivity contribution in [3.05, 3.63) is 23.7 Å². The number of fused-ring (bicyclic) bond motifs is 1. The summed E-state index contributed by atoms with van der Waals surface area (Å²) in [6.45, 7) is 12.0. The fourth-order valence-corrected chi connectivity index (χ4v) is 1.46. The minimum Gasteiger partial charge on any atom is -0.247 e. The van der Waals surface area contributed by atoms with Crippen molar-refractivity contribution < 1.29 is 3.89 Å². The second kappa shape index (κ2) is 12.6. The minimum absolute atomic E-state index is 0.0814. The Morgan fingerprint density at radius 1 is 1.11 bits per heavy atom. The normalized spacial score (nSPS) is 8.22. The average Bonchev–Trinajstić information content (AvgIpc) is 2.90. The molecule has 0 aliphatic heterocycles. The molecule has 0 spiro atoms. The molecule has 18 heavy (non-hydrogen) atoms. The molecule has 0 amide bonds. The van der Waals surface area contributed by atoms with Crippen molar-refractivity contribution in [2.45, 2.75) is 41.5 Å². The van der Waals surface area contributed by atoms with Crippen LogP contribution in [0.5, 0.6) is 0 Å². The van der Waals surface area contributed by atoms with Gasteiger partial charge >= 0.3 is 0 Å². The second-order valence-corrected chi connectivity index (χ2v) is 3.00. The summed E-state index contributed by atoms with van der Waals surface area (Å²) in [6, 6.07) is 1.67. The fourth-order valence-electron chi connectivity index (χ4n) is 0.953. The van der Waals surface area contributed by atoms with E-state index in [1.165, 1.54) is 10.3 Å². The number of halogens is 2. The summed E-state index contributed by atoms with van der Waals surface area (Å²) in [5.74, 6) is 0. The van der Waals surface area contributed by atoms with Crippen LogP contribution in [0.1, 0.15) is 41.5 Å². The number of hydrogen-bond donors (Lipinski definition) is 0. The third-order valence-corrected chi connectivity index (χ3v) is 2.22. The van der Waals surface area contributed by atoms with Gasteiger partial charge in [0.05, 0.1) is 5.39 Å². The van der Waals surface area contributed by atoms with Crippen molar-refractivity contribution in [3.8, 4) is 0 Å². The Balaban J connectivity index is 0. The van der Waals surface area contributed by atoms with Gasteiger partial charge in [0.25, 0.3) is 0 Å². The van der Waals surface area contributed by atoms with Crippen LogP contribution in [0.2, 0.25) is 5.15 Å². The molecule has 2 rings (SSSR count). The van der Waals surface area contributed by atoms with Crippen LogP contribution in [-0.4, -0.2) is 13.9 Å². The molecule has 104 valence electrons. The van der Waals surface area contributed by atoms with Gasteiger partial charge in [-0.3, -0.25) is 0 Å². The van der Waals surface area contributed by atoms with Gasteiger partial charge in [-0.2, -0.15) is 0 Å². The molecule has 6 heteroatoms. The molecule has 3 nitrogen and oxygen atoms in total. The zero-order chi connectivity index (χ0) is 14.6. The van der Waals surface area contributed by atoms with Gasteiger partial charge in [-0.1, -0.05) is 53.1 Å². The van der Waals surface area contributed by atoms with E-state index in [0.29, 0.717) is 16.2 Å². The lowest BCUT2D eigenvalue weighted by molar-refractivity contribution is 0.919. The van der Waals surface area contributed by atoms with E-state index in [4.69, 9.17) is 11.6 Å². The lowest BCUT2D eigenvalue weighted by Crippen LogP contribution is -1.85. The highest BCUT2D eigenvalue weighted by atomic mass is 35.5. The van der Waals surface area contributed by atoms with Crippen molar-refractivity contribution in [1.29, 1.82) is 0 Å². The lowest BCUT2D eigenvalue weighted by atomic mass is 10.4. The zero-order valence-corrected chi connectivity index (χ0v) is 13.3. The Hall–Kier alpha value is -0.810. The molecule has 0 aliphatic carbocycles. The quantitative estimate of drug-likeness (QED) is 0.646. The molecule has 2 aromatic heterocycles. The van der Waals surface area contributed by atoms with Crippen molar-refractivity contribution in [2.75, 3.05) is 0 Å². The standard InChI is InChI=1S/C6H3ClFN3S.3C2H6/c7-5-4-1-2-11(12-8)6(4)10-3-9-5;3*1-2/h1-3H;3*1-2H3. The van der Waals surface area contributed by atoms with Gasteiger partial charge in [0.2, 0.25) is 0 Å². The van der Waals surface area contributed by atoms with Crippen molar-refractivity contribution in [3.63, 3.8) is 0 Å². The van der Waals surface area contributed by atoms with Crippen LogP contribution in [0.25, 0.3) is 11.0 Å². The van der Waals surface area contributed by atoms with Gasteiger partial charge in [0.15, 0.2) is 18.0 Å². The predicted molar refractivity (Wildman–Crippen MR) is 80.7 cm³/mol. The monoisotopic (exact) mass is 293 g/mol. The molecule has 0 aromatic carbocycles. The maximum absolute atomic E-state index is 12.2. The Morgan fingerprint density at radius 2 is 1.67 bits per heavy atom. The molecule has 0 bridgehead atoms. The topological polar surface area (TPSA) is 30.7 Å². The minimum atomic E-state index is 0.0814. The highest BCUT2D eigenvalue weighted by Gasteiger charge is 2.05. The summed E-state index contributed by atoms with van der Waals surface area (Å²) in [7, 11) is 0.